The number of carboxylic acid groups (broad SMARTS) is 1. The number of ether oxygens (including phenoxy) is 1. The van der Waals surface area contributed by atoms with Crippen LogP contribution in [-0.4, -0.2) is 39.6 Å². The fourth-order valence-corrected chi connectivity index (χ4v) is 5.31. The number of rotatable bonds is 6. The van der Waals surface area contributed by atoms with Crippen molar-refractivity contribution in [2.24, 2.45) is 0 Å². The Labute approximate surface area is 214 Å². The summed E-state index contributed by atoms with van der Waals surface area (Å²) < 4.78 is 21.1. The zero-order valence-corrected chi connectivity index (χ0v) is 20.5. The van der Waals surface area contributed by atoms with Crippen LogP contribution in [0.3, 0.4) is 0 Å². The first-order valence-electron chi connectivity index (χ1n) is 10.0. The fourth-order valence-electron chi connectivity index (χ4n) is 3.53. The lowest BCUT2D eigenvalue weighted by Gasteiger charge is -2.23. The van der Waals surface area contributed by atoms with Crippen LogP contribution in [0.15, 0.2) is 60.7 Å². The van der Waals surface area contributed by atoms with Crippen LogP contribution < -0.4 is 4.74 Å². The van der Waals surface area contributed by atoms with Crippen molar-refractivity contribution >= 4 is 58.4 Å². The van der Waals surface area contributed by atoms with Crippen LogP contribution in [0.1, 0.15) is 27.6 Å². The molecule has 0 radical (unpaired) electrons. The van der Waals surface area contributed by atoms with Gasteiger partial charge in [-0.3, -0.25) is 4.79 Å². The third-order valence-electron chi connectivity index (χ3n) is 5.27. The van der Waals surface area contributed by atoms with Crippen molar-refractivity contribution in [3.8, 4) is 5.75 Å². The molecule has 5 nitrogen and oxygen atoms in total. The van der Waals surface area contributed by atoms with Gasteiger partial charge in [0.05, 0.1) is 5.88 Å². The lowest BCUT2D eigenvalue weighted by molar-refractivity contribution is -0.140. The molecule has 3 aromatic rings. The Balaban J connectivity index is 1.65. The molecule has 1 heterocycles. The minimum absolute atomic E-state index is 0.0335. The van der Waals surface area contributed by atoms with Crippen LogP contribution in [0.25, 0.3) is 0 Å². The Kier molecular flexibility index (Phi) is 7.57. The Morgan fingerprint density at radius 2 is 1.74 bits per heavy atom. The third kappa shape index (κ3) is 5.28. The number of thioether (sulfide) groups is 1. The van der Waals surface area contributed by atoms with E-state index in [0.717, 1.165) is 6.07 Å². The molecule has 1 amide bonds. The summed E-state index contributed by atoms with van der Waals surface area (Å²) in [5, 5.41) is 10.6. The highest BCUT2D eigenvalue weighted by molar-refractivity contribution is 7.99. The van der Waals surface area contributed by atoms with E-state index in [0.29, 0.717) is 26.2 Å². The fraction of sp³-hybridized carbons (Fsp3) is 0.167. The van der Waals surface area contributed by atoms with Gasteiger partial charge in [-0.25, -0.2) is 9.18 Å². The molecule has 0 aliphatic carbocycles. The maximum atomic E-state index is 15.1. The third-order valence-corrected chi connectivity index (χ3v) is 7.10. The summed E-state index contributed by atoms with van der Waals surface area (Å²) in [7, 11) is 0. The predicted molar refractivity (Wildman–Crippen MR) is 132 cm³/mol. The monoisotopic (exact) mass is 539 g/mol. The van der Waals surface area contributed by atoms with E-state index in [-0.39, 0.29) is 22.9 Å². The first kappa shape index (κ1) is 24.7. The van der Waals surface area contributed by atoms with Crippen molar-refractivity contribution in [3.63, 3.8) is 0 Å². The van der Waals surface area contributed by atoms with Crippen molar-refractivity contribution in [1.29, 1.82) is 0 Å². The second-order valence-corrected chi connectivity index (χ2v) is 9.77. The minimum Gasteiger partial charge on any atom is -0.480 e. The van der Waals surface area contributed by atoms with Crippen molar-refractivity contribution in [2.75, 3.05) is 11.6 Å². The molecule has 1 aliphatic rings. The number of hydrogen-bond acceptors (Lipinski definition) is 4. The van der Waals surface area contributed by atoms with E-state index in [4.69, 9.17) is 39.5 Å². The Morgan fingerprint density at radius 3 is 2.38 bits per heavy atom. The van der Waals surface area contributed by atoms with Gasteiger partial charge in [0.25, 0.3) is 5.91 Å². The number of benzene rings is 3. The molecule has 0 saturated carbocycles. The van der Waals surface area contributed by atoms with Gasteiger partial charge in [-0.05, 0) is 48.0 Å². The number of hydrogen-bond donors (Lipinski definition) is 1. The van der Waals surface area contributed by atoms with Gasteiger partial charge in [0.1, 0.15) is 6.04 Å². The number of carbonyl (C=O) groups is 2. The Morgan fingerprint density at radius 1 is 1.03 bits per heavy atom. The molecule has 34 heavy (non-hydrogen) atoms. The van der Waals surface area contributed by atoms with Crippen LogP contribution in [0.2, 0.25) is 15.1 Å². The molecule has 1 aliphatic heterocycles. The molecule has 0 spiro atoms. The first-order chi connectivity index (χ1) is 16.2. The van der Waals surface area contributed by atoms with Crippen molar-refractivity contribution in [1.82, 2.24) is 4.90 Å². The second kappa shape index (κ2) is 10.4. The summed E-state index contributed by atoms with van der Waals surface area (Å²) in [6.45, 7) is 0. The van der Waals surface area contributed by atoms with E-state index >= 15 is 4.39 Å². The Hall–Kier alpha value is -2.45. The van der Waals surface area contributed by atoms with Gasteiger partial charge in [0.2, 0.25) is 0 Å². The SMILES string of the molecule is O=C(O)[C@@H]1CSCN1C(=O)c1ccc(OC(c2ccc(Cl)cc2)c2ccc(Cl)cc2Cl)c(F)c1. The quantitative estimate of drug-likeness (QED) is 0.384. The lowest BCUT2D eigenvalue weighted by Crippen LogP contribution is -2.41. The van der Waals surface area contributed by atoms with E-state index in [1.54, 1.807) is 42.5 Å². The number of amides is 1. The van der Waals surface area contributed by atoms with E-state index in [1.165, 1.54) is 28.8 Å². The highest BCUT2D eigenvalue weighted by Gasteiger charge is 2.35. The molecule has 1 N–H and O–H groups in total. The van der Waals surface area contributed by atoms with Gasteiger partial charge >= 0.3 is 5.97 Å². The number of carbonyl (C=O) groups excluding carboxylic acids is 1. The molecule has 1 unspecified atom stereocenters. The molecule has 1 saturated heterocycles. The van der Waals surface area contributed by atoms with E-state index in [9.17, 15) is 14.7 Å². The van der Waals surface area contributed by atoms with Crippen LogP contribution >= 0.6 is 46.6 Å². The van der Waals surface area contributed by atoms with E-state index < -0.39 is 29.8 Å². The summed E-state index contributed by atoms with van der Waals surface area (Å²) >= 11 is 19.8. The average molecular weight is 541 g/mol. The van der Waals surface area contributed by atoms with Crippen molar-refractivity contribution in [2.45, 2.75) is 12.1 Å². The summed E-state index contributed by atoms with van der Waals surface area (Å²) in [5.74, 6) is -2.01. The lowest BCUT2D eigenvalue weighted by atomic mass is 10.0. The van der Waals surface area contributed by atoms with E-state index in [2.05, 4.69) is 0 Å². The molecular formula is C24H17Cl3FNO4S. The molecule has 1 fully saturated rings. The van der Waals surface area contributed by atoms with Crippen molar-refractivity contribution in [3.05, 3.63) is 98.2 Å². The van der Waals surface area contributed by atoms with Crippen LogP contribution in [-0.2, 0) is 4.79 Å². The second-order valence-electron chi connectivity index (χ2n) is 7.49. The summed E-state index contributed by atoms with van der Waals surface area (Å²) in [5.41, 5.74) is 1.27. The standard InChI is InChI=1S/C24H17Cl3FNO4S/c25-15-4-1-13(2-5-15)22(17-7-6-16(26)10-18(17)27)33-21-8-3-14(9-19(21)28)23(30)29-12-34-11-20(29)24(31)32/h1-10,20,22H,11-12H2,(H,31,32)/t20-,22?/m0/s1. The smallest absolute Gasteiger partial charge is 0.327 e. The van der Waals surface area contributed by atoms with Gasteiger partial charge in [-0.15, -0.1) is 11.8 Å². The largest absolute Gasteiger partial charge is 0.480 e. The summed E-state index contributed by atoms with van der Waals surface area (Å²) in [6.07, 6.45) is -0.788. The van der Waals surface area contributed by atoms with Gasteiger partial charge in [-0.2, -0.15) is 0 Å². The number of nitrogens with zero attached hydrogens (tertiary/aromatic N) is 1. The normalized spacial score (nSPS) is 16.4. The average Bonchev–Trinajstić information content (AvgIpc) is 3.29. The molecule has 10 heteroatoms. The highest BCUT2D eigenvalue weighted by Crippen LogP contribution is 2.36. The summed E-state index contributed by atoms with van der Waals surface area (Å²) in [4.78, 5) is 25.4. The maximum Gasteiger partial charge on any atom is 0.327 e. The first-order valence-corrected chi connectivity index (χ1v) is 12.3. The molecule has 3 aromatic carbocycles. The maximum absolute atomic E-state index is 15.1. The Bertz CT molecular complexity index is 1240. The van der Waals surface area contributed by atoms with Crippen LogP contribution in [0.4, 0.5) is 4.39 Å². The minimum atomic E-state index is -1.09. The molecular weight excluding hydrogens is 524 g/mol. The predicted octanol–water partition coefficient (Wildman–Crippen LogP) is 6.55. The number of halogens is 4. The van der Waals surface area contributed by atoms with Gasteiger partial charge in [-0.1, -0.05) is 53.0 Å². The topological polar surface area (TPSA) is 66.8 Å². The van der Waals surface area contributed by atoms with Crippen LogP contribution in [0.5, 0.6) is 5.75 Å². The molecule has 176 valence electrons. The zero-order valence-electron chi connectivity index (χ0n) is 17.4. The summed E-state index contributed by atoms with van der Waals surface area (Å²) in [6, 6.07) is 14.6. The highest BCUT2D eigenvalue weighted by atomic mass is 35.5. The zero-order chi connectivity index (χ0) is 24.4. The number of carboxylic acids is 1. The van der Waals surface area contributed by atoms with Crippen LogP contribution in [0, 0.1) is 5.82 Å². The van der Waals surface area contributed by atoms with Gasteiger partial charge in [0, 0.05) is 31.9 Å². The molecule has 4 rings (SSSR count). The molecule has 0 bridgehead atoms. The molecule has 2 atom stereocenters. The van der Waals surface area contributed by atoms with Gasteiger partial charge in [0.15, 0.2) is 17.7 Å². The molecule has 0 aromatic heterocycles. The van der Waals surface area contributed by atoms with Crippen molar-refractivity contribution < 1.29 is 23.8 Å². The van der Waals surface area contributed by atoms with Gasteiger partial charge < -0.3 is 14.7 Å². The number of aliphatic carboxylic acids is 1. The van der Waals surface area contributed by atoms with E-state index in [1.807, 2.05) is 0 Å².